The summed E-state index contributed by atoms with van der Waals surface area (Å²) in [5.41, 5.74) is 5.37. The smallest absolute Gasteiger partial charge is 0.131 e. The normalized spacial score (nSPS) is 26.0. The van der Waals surface area contributed by atoms with Gasteiger partial charge >= 0.3 is 0 Å². The molecule has 2 bridgehead atoms. The first kappa shape index (κ1) is 22.6. The number of aliphatic hydroxyl groups is 1. The van der Waals surface area contributed by atoms with Crippen LogP contribution in [-0.2, 0) is 6.54 Å². The van der Waals surface area contributed by atoms with Gasteiger partial charge in [-0.2, -0.15) is 0 Å². The minimum absolute atomic E-state index is 0.117. The number of piperidine rings is 3. The highest BCUT2D eigenvalue weighted by atomic mass is 16.3. The largest absolute Gasteiger partial charge is 0.382 e. The molecule has 0 radical (unpaired) electrons. The van der Waals surface area contributed by atoms with Crippen molar-refractivity contribution < 1.29 is 9.59 Å². The number of hydrogen-bond acceptors (Lipinski definition) is 3. The second-order valence-electron chi connectivity index (χ2n) is 11.0. The number of benzene rings is 3. The second kappa shape index (κ2) is 8.76. The van der Waals surface area contributed by atoms with Crippen LogP contribution in [0.3, 0.4) is 0 Å². The quantitative estimate of drug-likeness (QED) is 0.173. The van der Waals surface area contributed by atoms with Crippen LogP contribution in [0.15, 0.2) is 97.7 Å². The highest BCUT2D eigenvalue weighted by Crippen LogP contribution is 2.48. The lowest BCUT2D eigenvalue weighted by Gasteiger charge is -2.58. The van der Waals surface area contributed by atoms with E-state index in [0.717, 1.165) is 58.0 Å². The zero-order chi connectivity index (χ0) is 25.0. The predicted octanol–water partition coefficient (Wildman–Crippen LogP) is 6.58. The Balaban J connectivity index is 1.39. The molecule has 37 heavy (non-hydrogen) atoms. The minimum Gasteiger partial charge on any atom is -0.382 e. The van der Waals surface area contributed by atoms with E-state index in [1.165, 1.54) is 22.8 Å². The second-order valence-corrected chi connectivity index (χ2v) is 11.0. The summed E-state index contributed by atoms with van der Waals surface area (Å²) in [6, 6.07) is 27.4. The fourth-order valence-corrected chi connectivity index (χ4v) is 7.38. The van der Waals surface area contributed by atoms with Gasteiger partial charge in [0.1, 0.15) is 18.7 Å². The SMILES string of the molecule is C=C[C@H]1C[N+]2(Cc3c4ccccc4nc4ccccc34)CC[C@H]1C[C@H]2[C@H](O)c1ccnc2ccccc12. The lowest BCUT2D eigenvalue weighted by molar-refractivity contribution is -0.984. The fourth-order valence-electron chi connectivity index (χ4n) is 7.38. The molecule has 0 spiro atoms. The van der Waals surface area contributed by atoms with Crippen LogP contribution in [0.2, 0.25) is 0 Å². The number of quaternary nitrogens is 1. The van der Waals surface area contributed by atoms with E-state index < -0.39 is 6.10 Å². The van der Waals surface area contributed by atoms with Crippen LogP contribution in [0.4, 0.5) is 0 Å². The van der Waals surface area contributed by atoms with E-state index in [1.807, 2.05) is 30.5 Å². The fraction of sp³-hybridized carbons (Fsp3) is 0.273. The topological polar surface area (TPSA) is 46.0 Å². The average Bonchev–Trinajstić information content (AvgIpc) is 2.96. The van der Waals surface area contributed by atoms with Crippen LogP contribution in [0, 0.1) is 11.8 Å². The molecule has 3 fully saturated rings. The molecule has 3 aliphatic rings. The third-order valence-electron chi connectivity index (χ3n) is 9.21. The van der Waals surface area contributed by atoms with E-state index >= 15 is 0 Å². The molecular weight excluding hydrogens is 454 g/mol. The average molecular weight is 487 g/mol. The van der Waals surface area contributed by atoms with E-state index in [-0.39, 0.29) is 6.04 Å². The van der Waals surface area contributed by atoms with Crippen molar-refractivity contribution >= 4 is 32.7 Å². The summed E-state index contributed by atoms with van der Waals surface area (Å²) < 4.78 is 0.878. The Bertz CT molecular complexity index is 1590. The first-order valence-electron chi connectivity index (χ1n) is 13.4. The first-order chi connectivity index (χ1) is 18.2. The maximum absolute atomic E-state index is 12.1. The number of rotatable bonds is 5. The number of aromatic nitrogens is 2. The highest BCUT2D eigenvalue weighted by Gasteiger charge is 2.54. The lowest BCUT2D eigenvalue weighted by Crippen LogP contribution is -2.67. The van der Waals surface area contributed by atoms with Gasteiger partial charge in [0.05, 0.1) is 29.6 Å². The van der Waals surface area contributed by atoms with Crippen molar-refractivity contribution in [2.24, 2.45) is 11.8 Å². The summed E-state index contributed by atoms with van der Waals surface area (Å²) in [6.07, 6.45) is 5.65. The number of pyridine rings is 2. The molecule has 4 nitrogen and oxygen atoms in total. The van der Waals surface area contributed by atoms with E-state index in [4.69, 9.17) is 4.98 Å². The van der Waals surface area contributed by atoms with E-state index in [0.29, 0.717) is 11.8 Å². The molecule has 3 aromatic carbocycles. The van der Waals surface area contributed by atoms with Gasteiger partial charge in [-0.25, -0.2) is 4.98 Å². The Labute approximate surface area is 217 Å². The molecule has 1 unspecified atom stereocenters. The number of fused-ring (bicyclic) bond motifs is 6. The summed E-state index contributed by atoms with van der Waals surface area (Å²) in [6.45, 7) is 7.19. The summed E-state index contributed by atoms with van der Waals surface area (Å²) in [4.78, 5) is 9.54. The molecule has 2 aromatic heterocycles. The standard InChI is InChI=1S/C33H32N3O/c1-2-22-20-36(21-28-25-10-4-7-13-30(25)35-31-14-8-5-11-26(28)31)18-16-23(22)19-32(36)33(37)27-15-17-34-29-12-6-3-9-24(27)29/h2-15,17,22-23,32-33,37H,1,16,18-21H2/q+1/t22-,23-,32-,33+,36?/m0/s1. The van der Waals surface area contributed by atoms with Crippen molar-refractivity contribution in [3.63, 3.8) is 0 Å². The molecule has 0 saturated carbocycles. The van der Waals surface area contributed by atoms with Gasteiger partial charge in [-0.1, -0.05) is 60.7 Å². The van der Waals surface area contributed by atoms with Gasteiger partial charge in [0.25, 0.3) is 0 Å². The Morgan fingerprint density at radius 2 is 1.54 bits per heavy atom. The van der Waals surface area contributed by atoms with Gasteiger partial charge in [0.2, 0.25) is 0 Å². The molecule has 4 heteroatoms. The van der Waals surface area contributed by atoms with Gasteiger partial charge in [-0.15, -0.1) is 6.58 Å². The van der Waals surface area contributed by atoms with Crippen LogP contribution >= 0.6 is 0 Å². The summed E-state index contributed by atoms with van der Waals surface area (Å²) in [5.74, 6) is 1.06. The summed E-state index contributed by atoms with van der Waals surface area (Å²) >= 11 is 0. The van der Waals surface area contributed by atoms with Gasteiger partial charge in [-0.05, 0) is 35.7 Å². The van der Waals surface area contributed by atoms with Crippen LogP contribution < -0.4 is 0 Å². The van der Waals surface area contributed by atoms with E-state index in [1.54, 1.807) is 0 Å². The number of nitrogens with zero attached hydrogens (tertiary/aromatic N) is 3. The Morgan fingerprint density at radius 1 is 0.892 bits per heavy atom. The zero-order valence-electron chi connectivity index (χ0n) is 21.0. The van der Waals surface area contributed by atoms with Gasteiger partial charge in [0, 0.05) is 46.7 Å². The van der Waals surface area contributed by atoms with Gasteiger partial charge < -0.3 is 9.59 Å². The molecule has 1 N–H and O–H groups in total. The number of hydrogen-bond donors (Lipinski definition) is 1. The number of para-hydroxylation sites is 3. The third-order valence-corrected chi connectivity index (χ3v) is 9.21. The maximum Gasteiger partial charge on any atom is 0.131 e. The summed E-state index contributed by atoms with van der Waals surface area (Å²) in [5, 5.41) is 15.6. The van der Waals surface area contributed by atoms with Gasteiger partial charge in [0.15, 0.2) is 0 Å². The van der Waals surface area contributed by atoms with Crippen molar-refractivity contribution in [2.75, 3.05) is 13.1 Å². The van der Waals surface area contributed by atoms with Crippen molar-refractivity contribution in [3.05, 3.63) is 109 Å². The van der Waals surface area contributed by atoms with Gasteiger partial charge in [-0.3, -0.25) is 4.98 Å². The molecule has 5 atom stereocenters. The highest BCUT2D eigenvalue weighted by molar-refractivity contribution is 5.97. The van der Waals surface area contributed by atoms with E-state index in [2.05, 4.69) is 72.2 Å². The maximum atomic E-state index is 12.1. The molecule has 3 aliphatic heterocycles. The lowest BCUT2D eigenvalue weighted by atomic mass is 9.71. The Hall–Kier alpha value is -3.60. The molecule has 0 aliphatic carbocycles. The number of aliphatic hydroxyl groups excluding tert-OH is 1. The monoisotopic (exact) mass is 486 g/mol. The van der Waals surface area contributed by atoms with Crippen LogP contribution in [0.1, 0.15) is 30.1 Å². The molecule has 0 amide bonds. The van der Waals surface area contributed by atoms with Crippen molar-refractivity contribution in [2.45, 2.75) is 31.5 Å². The predicted molar refractivity (Wildman–Crippen MR) is 150 cm³/mol. The Kier molecular flexibility index (Phi) is 5.35. The molecule has 3 saturated heterocycles. The molecule has 5 aromatic rings. The van der Waals surface area contributed by atoms with Crippen LogP contribution in [-0.4, -0.2) is 38.7 Å². The van der Waals surface area contributed by atoms with Crippen LogP contribution in [0.5, 0.6) is 0 Å². The minimum atomic E-state index is -0.555. The molecule has 8 rings (SSSR count). The first-order valence-corrected chi connectivity index (χ1v) is 13.4. The van der Waals surface area contributed by atoms with Crippen molar-refractivity contribution in [1.29, 1.82) is 0 Å². The van der Waals surface area contributed by atoms with E-state index in [9.17, 15) is 5.11 Å². The van der Waals surface area contributed by atoms with Crippen molar-refractivity contribution in [1.82, 2.24) is 9.97 Å². The molecular formula is C33H32N3O+. The summed E-state index contributed by atoms with van der Waals surface area (Å²) in [7, 11) is 0. The zero-order valence-corrected chi connectivity index (χ0v) is 21.0. The third kappa shape index (κ3) is 3.58. The molecule has 184 valence electrons. The molecule has 5 heterocycles. The van der Waals surface area contributed by atoms with Crippen molar-refractivity contribution in [3.8, 4) is 0 Å². The van der Waals surface area contributed by atoms with Crippen LogP contribution in [0.25, 0.3) is 32.7 Å². The Morgan fingerprint density at radius 3 is 2.24 bits per heavy atom.